The highest BCUT2D eigenvalue weighted by atomic mass is 16.5. The van der Waals surface area contributed by atoms with Gasteiger partial charge >= 0.3 is 0 Å². The highest BCUT2D eigenvalue weighted by Gasteiger charge is 2.33. The summed E-state index contributed by atoms with van der Waals surface area (Å²) in [4.78, 5) is 0. The van der Waals surface area contributed by atoms with Crippen LogP contribution >= 0.6 is 0 Å². The van der Waals surface area contributed by atoms with Crippen LogP contribution in [-0.4, -0.2) is 25.8 Å². The summed E-state index contributed by atoms with van der Waals surface area (Å²) in [7, 11) is 1.85. The quantitative estimate of drug-likeness (QED) is 0.746. The summed E-state index contributed by atoms with van der Waals surface area (Å²) in [6.07, 6.45) is 7.16. The minimum absolute atomic E-state index is 0.470. The number of nitrogens with one attached hydrogen (secondary N) is 1. The number of ether oxygens (including phenoxy) is 1. The number of hydrogen-bond acceptors (Lipinski definition) is 2. The van der Waals surface area contributed by atoms with E-state index in [0.29, 0.717) is 12.1 Å². The van der Waals surface area contributed by atoms with Crippen LogP contribution in [0.15, 0.2) is 0 Å². The maximum Gasteiger partial charge on any atom is 0.0724 e. The first kappa shape index (κ1) is 10.4. The first-order valence-electron chi connectivity index (χ1n) is 6.07. The van der Waals surface area contributed by atoms with Crippen molar-refractivity contribution in [2.75, 3.05) is 13.7 Å². The van der Waals surface area contributed by atoms with Crippen molar-refractivity contribution >= 4 is 0 Å². The molecule has 0 saturated heterocycles. The van der Waals surface area contributed by atoms with E-state index in [4.69, 9.17) is 4.74 Å². The molecule has 0 radical (unpaired) electrons. The molecule has 0 aromatic rings. The smallest absolute Gasteiger partial charge is 0.0724 e. The van der Waals surface area contributed by atoms with E-state index in [0.717, 1.165) is 11.8 Å². The highest BCUT2D eigenvalue weighted by molar-refractivity contribution is 4.88. The molecule has 0 spiro atoms. The molecule has 2 rings (SSSR count). The van der Waals surface area contributed by atoms with E-state index in [1.165, 1.54) is 38.6 Å². The summed E-state index contributed by atoms with van der Waals surface area (Å²) in [5.74, 6) is 1.92. The topological polar surface area (TPSA) is 21.3 Å². The Morgan fingerprint density at radius 3 is 2.64 bits per heavy atom. The van der Waals surface area contributed by atoms with Crippen molar-refractivity contribution in [3.63, 3.8) is 0 Å². The van der Waals surface area contributed by atoms with Gasteiger partial charge in [-0.2, -0.15) is 0 Å². The van der Waals surface area contributed by atoms with E-state index in [1.54, 1.807) is 0 Å². The molecule has 14 heavy (non-hydrogen) atoms. The predicted octanol–water partition coefficient (Wildman–Crippen LogP) is 2.19. The third-order valence-electron chi connectivity index (χ3n) is 3.92. The van der Waals surface area contributed by atoms with Crippen LogP contribution < -0.4 is 5.32 Å². The maximum atomic E-state index is 5.52. The molecule has 2 aliphatic rings. The average Bonchev–Trinajstić information content (AvgIpc) is 2.92. The molecule has 4 atom stereocenters. The Kier molecular flexibility index (Phi) is 3.45. The molecule has 4 unspecified atom stereocenters. The van der Waals surface area contributed by atoms with Gasteiger partial charge in [-0.25, -0.2) is 0 Å². The maximum absolute atomic E-state index is 5.52. The Hall–Kier alpha value is -0.0800. The third kappa shape index (κ3) is 2.48. The first-order valence-corrected chi connectivity index (χ1v) is 6.07. The summed E-state index contributed by atoms with van der Waals surface area (Å²) in [6.45, 7) is 3.56. The fraction of sp³-hybridized carbons (Fsp3) is 1.00. The summed E-state index contributed by atoms with van der Waals surface area (Å²) in [6, 6.07) is 0.626. The van der Waals surface area contributed by atoms with Crippen LogP contribution in [0.5, 0.6) is 0 Å². The van der Waals surface area contributed by atoms with Crippen LogP contribution in [0, 0.1) is 11.8 Å². The second-order valence-electron chi connectivity index (χ2n) is 5.05. The van der Waals surface area contributed by atoms with E-state index in [-0.39, 0.29) is 0 Å². The number of methoxy groups -OCH3 is 1. The van der Waals surface area contributed by atoms with Gasteiger partial charge in [0.1, 0.15) is 0 Å². The predicted molar refractivity (Wildman–Crippen MR) is 58.3 cm³/mol. The van der Waals surface area contributed by atoms with E-state index in [1.807, 2.05) is 7.11 Å². The zero-order valence-electron chi connectivity index (χ0n) is 9.46. The minimum atomic E-state index is 0.470. The van der Waals surface area contributed by atoms with Gasteiger partial charge in [0.05, 0.1) is 6.10 Å². The van der Waals surface area contributed by atoms with Gasteiger partial charge in [0.2, 0.25) is 0 Å². The molecule has 0 aromatic heterocycles. The normalized spacial score (nSPS) is 42.4. The molecule has 0 aromatic carbocycles. The molecule has 2 heteroatoms. The van der Waals surface area contributed by atoms with E-state index in [2.05, 4.69) is 12.2 Å². The lowest BCUT2D eigenvalue weighted by molar-refractivity contribution is 0.0415. The molecule has 2 aliphatic carbocycles. The lowest BCUT2D eigenvalue weighted by atomic mass is 9.92. The van der Waals surface area contributed by atoms with Crippen molar-refractivity contribution in [1.82, 2.24) is 5.32 Å². The van der Waals surface area contributed by atoms with Crippen LogP contribution in [0.4, 0.5) is 0 Å². The molecule has 1 N–H and O–H groups in total. The van der Waals surface area contributed by atoms with Crippen molar-refractivity contribution in [3.05, 3.63) is 0 Å². The molecule has 2 nitrogen and oxygen atoms in total. The van der Waals surface area contributed by atoms with Crippen molar-refractivity contribution < 1.29 is 4.74 Å². The van der Waals surface area contributed by atoms with Crippen LogP contribution in [0.2, 0.25) is 0 Å². The largest absolute Gasteiger partial charge is 0.380 e. The summed E-state index contributed by atoms with van der Waals surface area (Å²) >= 11 is 0. The van der Waals surface area contributed by atoms with Gasteiger partial charge in [-0.3, -0.25) is 0 Å². The van der Waals surface area contributed by atoms with E-state index < -0.39 is 0 Å². The molecular formula is C12H23NO. The summed E-state index contributed by atoms with van der Waals surface area (Å²) in [5.41, 5.74) is 0. The summed E-state index contributed by atoms with van der Waals surface area (Å²) < 4.78 is 5.52. The molecule has 2 saturated carbocycles. The molecule has 0 heterocycles. The Morgan fingerprint density at radius 1 is 1.29 bits per heavy atom. The second-order valence-corrected chi connectivity index (χ2v) is 5.05. The minimum Gasteiger partial charge on any atom is -0.380 e. The van der Waals surface area contributed by atoms with Gasteiger partial charge in [-0.1, -0.05) is 19.8 Å². The Morgan fingerprint density at radius 2 is 2.00 bits per heavy atom. The molecule has 0 bridgehead atoms. The fourth-order valence-corrected chi connectivity index (χ4v) is 2.60. The first-order chi connectivity index (χ1) is 6.81. The van der Waals surface area contributed by atoms with Crippen molar-refractivity contribution in [2.45, 2.75) is 51.2 Å². The molecule has 0 aliphatic heterocycles. The SMILES string of the molecule is COC1CCCCC1NCC1CC1C. The van der Waals surface area contributed by atoms with E-state index >= 15 is 0 Å². The highest BCUT2D eigenvalue weighted by Crippen LogP contribution is 2.37. The third-order valence-corrected chi connectivity index (χ3v) is 3.92. The van der Waals surface area contributed by atoms with Gasteiger partial charge in [-0.15, -0.1) is 0 Å². The molecule has 82 valence electrons. The Bertz CT molecular complexity index is 183. The van der Waals surface area contributed by atoms with Crippen LogP contribution in [0.25, 0.3) is 0 Å². The van der Waals surface area contributed by atoms with Gasteiger partial charge in [0.25, 0.3) is 0 Å². The zero-order chi connectivity index (χ0) is 9.97. The van der Waals surface area contributed by atoms with Crippen molar-refractivity contribution in [3.8, 4) is 0 Å². The van der Waals surface area contributed by atoms with E-state index in [9.17, 15) is 0 Å². The van der Waals surface area contributed by atoms with Gasteiger partial charge < -0.3 is 10.1 Å². The standard InChI is InChI=1S/C12H23NO/c1-9-7-10(9)8-13-11-5-3-4-6-12(11)14-2/h9-13H,3-8H2,1-2H3. The lowest BCUT2D eigenvalue weighted by Gasteiger charge is -2.31. The fourth-order valence-electron chi connectivity index (χ4n) is 2.60. The van der Waals surface area contributed by atoms with Gasteiger partial charge in [0.15, 0.2) is 0 Å². The van der Waals surface area contributed by atoms with Crippen LogP contribution in [0.3, 0.4) is 0 Å². The number of rotatable bonds is 4. The Balaban J connectivity index is 1.71. The van der Waals surface area contributed by atoms with Crippen molar-refractivity contribution in [2.24, 2.45) is 11.8 Å². The Labute approximate surface area is 87.4 Å². The number of hydrogen-bond donors (Lipinski definition) is 1. The van der Waals surface area contributed by atoms with Gasteiger partial charge in [0, 0.05) is 13.2 Å². The summed E-state index contributed by atoms with van der Waals surface area (Å²) in [5, 5.41) is 3.69. The lowest BCUT2D eigenvalue weighted by Crippen LogP contribution is -2.43. The monoisotopic (exact) mass is 197 g/mol. The van der Waals surface area contributed by atoms with Crippen LogP contribution in [-0.2, 0) is 4.74 Å². The second kappa shape index (κ2) is 4.63. The molecular weight excluding hydrogens is 174 g/mol. The molecule has 0 amide bonds. The molecule has 2 fully saturated rings. The van der Waals surface area contributed by atoms with Gasteiger partial charge in [-0.05, 0) is 37.6 Å². The van der Waals surface area contributed by atoms with Crippen molar-refractivity contribution in [1.29, 1.82) is 0 Å². The average molecular weight is 197 g/mol. The van der Waals surface area contributed by atoms with Crippen LogP contribution in [0.1, 0.15) is 39.0 Å². The zero-order valence-corrected chi connectivity index (χ0v) is 9.46.